The van der Waals surface area contributed by atoms with Crippen LogP contribution in [0.25, 0.3) is 22.0 Å². The topological polar surface area (TPSA) is 55.5 Å². The Morgan fingerprint density at radius 1 is 1.00 bits per heavy atom. The summed E-state index contributed by atoms with van der Waals surface area (Å²) >= 11 is 6.35. The molecular weight excluding hydrogens is 525 g/mol. The monoisotopic (exact) mass is 556 g/mol. The number of ether oxygens (including phenoxy) is 1. The Balaban J connectivity index is 1.32. The molecule has 4 aromatic rings. The van der Waals surface area contributed by atoms with Gasteiger partial charge in [0.2, 0.25) is 0 Å². The molecule has 1 aromatic heterocycles. The maximum Gasteiger partial charge on any atom is 0.573 e. The standard InChI is InChI=1S/C30H32ClF3N4O/c31-28-5-2-1-4-22(28)19-37-16-12-23(13-17-37)36-24-8-11-29-26(18-24)27(20-38(29)15-3-14-35)21-6-9-25(10-7-21)39-30(32,33)34/h1-2,4-11,18,20,23,36H,3,12-17,19,35H2. The summed E-state index contributed by atoms with van der Waals surface area (Å²) in [6, 6.07) is 20.7. The lowest BCUT2D eigenvalue weighted by molar-refractivity contribution is -0.274. The van der Waals surface area contributed by atoms with Crippen molar-refractivity contribution < 1.29 is 17.9 Å². The Morgan fingerprint density at radius 2 is 1.74 bits per heavy atom. The number of likely N-dealkylation sites (tertiary alicyclic amines) is 1. The summed E-state index contributed by atoms with van der Waals surface area (Å²) in [7, 11) is 0. The largest absolute Gasteiger partial charge is 0.573 e. The summed E-state index contributed by atoms with van der Waals surface area (Å²) in [5.41, 5.74) is 10.8. The van der Waals surface area contributed by atoms with E-state index in [1.807, 2.05) is 18.2 Å². The molecule has 9 heteroatoms. The molecule has 3 aromatic carbocycles. The molecule has 39 heavy (non-hydrogen) atoms. The minimum absolute atomic E-state index is 0.235. The Labute approximate surface area is 231 Å². The third-order valence-electron chi connectivity index (χ3n) is 7.19. The molecule has 1 aliphatic heterocycles. The molecule has 0 amide bonds. The second-order valence-electron chi connectivity index (χ2n) is 9.97. The van der Waals surface area contributed by atoms with Crippen LogP contribution in [0.3, 0.4) is 0 Å². The van der Waals surface area contributed by atoms with Gasteiger partial charge in [0.05, 0.1) is 0 Å². The lowest BCUT2D eigenvalue weighted by atomic mass is 10.0. The Kier molecular flexibility index (Phi) is 8.35. The quantitative estimate of drug-likeness (QED) is 0.227. The molecule has 0 bridgehead atoms. The van der Waals surface area contributed by atoms with Gasteiger partial charge in [-0.25, -0.2) is 0 Å². The van der Waals surface area contributed by atoms with E-state index in [2.05, 4.69) is 50.0 Å². The van der Waals surface area contributed by atoms with Gasteiger partial charge < -0.3 is 20.4 Å². The Hall–Kier alpha value is -3.20. The zero-order chi connectivity index (χ0) is 27.4. The average molecular weight is 557 g/mol. The summed E-state index contributed by atoms with van der Waals surface area (Å²) < 4.78 is 44.1. The lowest BCUT2D eigenvalue weighted by Gasteiger charge is -2.33. The minimum atomic E-state index is -4.72. The molecule has 206 valence electrons. The first-order valence-electron chi connectivity index (χ1n) is 13.2. The van der Waals surface area contributed by atoms with E-state index in [9.17, 15) is 13.2 Å². The predicted molar refractivity (Wildman–Crippen MR) is 151 cm³/mol. The number of rotatable bonds is 9. The third-order valence-corrected chi connectivity index (χ3v) is 7.56. The number of hydrogen-bond acceptors (Lipinski definition) is 4. The van der Waals surface area contributed by atoms with Crippen LogP contribution < -0.4 is 15.8 Å². The number of benzene rings is 3. The second kappa shape index (κ2) is 11.9. The molecule has 5 nitrogen and oxygen atoms in total. The first-order chi connectivity index (χ1) is 18.8. The number of nitrogens with two attached hydrogens (primary N) is 1. The van der Waals surface area contributed by atoms with Gasteiger partial charge in [-0.15, -0.1) is 13.2 Å². The van der Waals surface area contributed by atoms with Crippen molar-refractivity contribution in [1.82, 2.24) is 9.47 Å². The van der Waals surface area contributed by atoms with Gasteiger partial charge in [0.25, 0.3) is 0 Å². The fourth-order valence-electron chi connectivity index (χ4n) is 5.24. The van der Waals surface area contributed by atoms with E-state index in [-0.39, 0.29) is 5.75 Å². The van der Waals surface area contributed by atoms with Crippen molar-refractivity contribution in [1.29, 1.82) is 0 Å². The second-order valence-corrected chi connectivity index (χ2v) is 10.4. The van der Waals surface area contributed by atoms with Crippen LogP contribution in [0, 0.1) is 0 Å². The first kappa shape index (κ1) is 27.4. The summed E-state index contributed by atoms with van der Waals surface area (Å²) in [6.45, 7) is 4.16. The van der Waals surface area contributed by atoms with Crippen molar-refractivity contribution in [3.8, 4) is 16.9 Å². The molecule has 1 aliphatic rings. The normalized spacial score (nSPS) is 15.1. The number of nitrogens with zero attached hydrogens (tertiary/aromatic N) is 2. The van der Waals surface area contributed by atoms with Crippen LogP contribution in [0.1, 0.15) is 24.8 Å². The van der Waals surface area contributed by atoms with Crippen LogP contribution in [-0.2, 0) is 13.1 Å². The number of nitrogens with one attached hydrogen (secondary N) is 1. The molecule has 1 fully saturated rings. The zero-order valence-corrected chi connectivity index (χ0v) is 22.3. The molecule has 2 heterocycles. The highest BCUT2D eigenvalue weighted by atomic mass is 35.5. The number of fused-ring (bicyclic) bond motifs is 1. The van der Waals surface area contributed by atoms with Crippen LogP contribution in [0.5, 0.6) is 5.75 Å². The zero-order valence-electron chi connectivity index (χ0n) is 21.6. The van der Waals surface area contributed by atoms with E-state index >= 15 is 0 Å². The van der Waals surface area contributed by atoms with Crippen molar-refractivity contribution >= 4 is 28.2 Å². The molecule has 0 unspecified atom stereocenters. The van der Waals surface area contributed by atoms with Gasteiger partial charge in [0, 0.05) is 65.6 Å². The number of anilines is 1. The van der Waals surface area contributed by atoms with Crippen LogP contribution in [0.4, 0.5) is 18.9 Å². The fraction of sp³-hybridized carbons (Fsp3) is 0.333. The molecule has 5 rings (SSSR count). The number of alkyl halides is 3. The average Bonchev–Trinajstić information content (AvgIpc) is 3.27. The predicted octanol–water partition coefficient (Wildman–Crippen LogP) is 7.29. The summed E-state index contributed by atoms with van der Waals surface area (Å²) in [6.07, 6.45) is 0.206. The van der Waals surface area contributed by atoms with Gasteiger partial charge in [-0.05, 0) is 73.3 Å². The SMILES string of the molecule is NCCCn1cc(-c2ccc(OC(F)(F)F)cc2)c2cc(NC3CCN(Cc4ccccc4Cl)CC3)ccc21. The summed E-state index contributed by atoms with van der Waals surface area (Å²) in [5.74, 6) is -0.235. The lowest BCUT2D eigenvalue weighted by Crippen LogP contribution is -2.38. The molecule has 0 atom stereocenters. The van der Waals surface area contributed by atoms with Crippen molar-refractivity contribution in [2.24, 2.45) is 5.73 Å². The van der Waals surface area contributed by atoms with Crippen molar-refractivity contribution in [3.63, 3.8) is 0 Å². The molecule has 0 aliphatic carbocycles. The van der Waals surface area contributed by atoms with Gasteiger partial charge in [-0.2, -0.15) is 0 Å². The molecule has 0 saturated carbocycles. The van der Waals surface area contributed by atoms with Crippen molar-refractivity contribution in [3.05, 3.63) is 83.5 Å². The Morgan fingerprint density at radius 3 is 2.44 bits per heavy atom. The van der Waals surface area contributed by atoms with Gasteiger partial charge in [-0.1, -0.05) is 41.9 Å². The number of halogens is 4. The van der Waals surface area contributed by atoms with Gasteiger partial charge in [0.15, 0.2) is 0 Å². The molecule has 0 spiro atoms. The van der Waals surface area contributed by atoms with E-state index < -0.39 is 6.36 Å². The van der Waals surface area contributed by atoms with E-state index in [1.54, 1.807) is 12.1 Å². The van der Waals surface area contributed by atoms with Crippen molar-refractivity contribution in [2.75, 3.05) is 25.0 Å². The number of hydrogen-bond donors (Lipinski definition) is 2. The van der Waals surface area contributed by atoms with Gasteiger partial charge in [0.1, 0.15) is 5.75 Å². The minimum Gasteiger partial charge on any atom is -0.406 e. The maximum absolute atomic E-state index is 12.6. The summed E-state index contributed by atoms with van der Waals surface area (Å²) in [4.78, 5) is 2.43. The fourth-order valence-corrected chi connectivity index (χ4v) is 5.43. The molecule has 3 N–H and O–H groups in total. The highest BCUT2D eigenvalue weighted by molar-refractivity contribution is 6.31. The van der Waals surface area contributed by atoms with Crippen LogP contribution >= 0.6 is 11.6 Å². The first-order valence-corrected chi connectivity index (χ1v) is 13.6. The maximum atomic E-state index is 12.6. The summed E-state index contributed by atoms with van der Waals surface area (Å²) in [5, 5.41) is 5.56. The van der Waals surface area contributed by atoms with E-state index in [0.717, 1.165) is 83.7 Å². The molecule has 1 saturated heterocycles. The number of aryl methyl sites for hydroxylation is 1. The van der Waals surface area contributed by atoms with Gasteiger partial charge in [-0.3, -0.25) is 4.90 Å². The van der Waals surface area contributed by atoms with E-state index in [0.29, 0.717) is 12.6 Å². The highest BCUT2D eigenvalue weighted by Crippen LogP contribution is 2.35. The number of piperidine rings is 1. The number of aromatic nitrogens is 1. The van der Waals surface area contributed by atoms with Crippen LogP contribution in [0.15, 0.2) is 72.9 Å². The van der Waals surface area contributed by atoms with Crippen LogP contribution in [0.2, 0.25) is 5.02 Å². The smallest absolute Gasteiger partial charge is 0.406 e. The molecular formula is C30H32ClF3N4O. The van der Waals surface area contributed by atoms with Crippen LogP contribution in [-0.4, -0.2) is 41.5 Å². The van der Waals surface area contributed by atoms with Gasteiger partial charge >= 0.3 is 6.36 Å². The Bertz CT molecular complexity index is 1400. The van der Waals surface area contributed by atoms with E-state index in [1.165, 1.54) is 12.1 Å². The molecule has 0 radical (unpaired) electrons. The highest BCUT2D eigenvalue weighted by Gasteiger charge is 2.31. The van der Waals surface area contributed by atoms with E-state index in [4.69, 9.17) is 17.3 Å². The van der Waals surface area contributed by atoms with Crippen molar-refractivity contribution in [2.45, 2.75) is 44.8 Å². The third kappa shape index (κ3) is 6.87.